The van der Waals surface area contributed by atoms with Crippen LogP contribution in [0.5, 0.6) is 0 Å². The summed E-state index contributed by atoms with van der Waals surface area (Å²) < 4.78 is 50.7. The monoisotopic (exact) mass is 490 g/mol. The van der Waals surface area contributed by atoms with E-state index in [1.165, 1.54) is 11.8 Å². The third-order valence-electron chi connectivity index (χ3n) is 6.52. The van der Waals surface area contributed by atoms with Gasteiger partial charge in [0.2, 0.25) is 10.8 Å². The topological polar surface area (TPSA) is 34.0 Å². The van der Waals surface area contributed by atoms with Gasteiger partial charge in [0, 0.05) is 5.56 Å². The van der Waals surface area contributed by atoms with Gasteiger partial charge in [-0.15, -0.1) is 0 Å². The summed E-state index contributed by atoms with van der Waals surface area (Å²) in [6.07, 6.45) is -2.05. The third kappa shape index (κ3) is 3.35. The van der Waals surface area contributed by atoms with Crippen LogP contribution >= 0.6 is 23.5 Å². The van der Waals surface area contributed by atoms with Gasteiger partial charge in [-0.1, -0.05) is 85.3 Å². The van der Waals surface area contributed by atoms with Gasteiger partial charge in [-0.3, -0.25) is 4.99 Å². The van der Waals surface area contributed by atoms with Gasteiger partial charge in [0.05, 0.1) is 16.7 Å². The molecule has 174 valence electrons. The van der Waals surface area contributed by atoms with Gasteiger partial charge in [-0.05, 0) is 44.0 Å². The summed E-state index contributed by atoms with van der Waals surface area (Å²) in [5.41, 5.74) is -2.40. The summed E-state index contributed by atoms with van der Waals surface area (Å²) >= 11 is 2.36. The highest BCUT2D eigenvalue weighted by Crippen LogP contribution is 2.73. The standard InChI is InChI=1S/C25H25F3N2OS2/c1-17(2)31-21-30-23(25(26,27)28,19-13-7-4-8-14-19)24(33-21)22(15-9-10-16-22)29-20(32-24)18-11-5-3-6-12-18/h3-8,11-14,17H,9-10,15-16H2,1-2H3/t23-,24+/m1/s1. The zero-order valence-electron chi connectivity index (χ0n) is 18.4. The van der Waals surface area contributed by atoms with Crippen LogP contribution in [0.25, 0.3) is 0 Å². The summed E-state index contributed by atoms with van der Waals surface area (Å²) in [4.78, 5) is 9.52. The molecule has 0 N–H and O–H groups in total. The molecule has 2 aliphatic heterocycles. The van der Waals surface area contributed by atoms with Crippen molar-refractivity contribution in [3.05, 3.63) is 71.8 Å². The van der Waals surface area contributed by atoms with Crippen molar-refractivity contribution in [1.82, 2.24) is 0 Å². The maximum atomic E-state index is 15.4. The number of hydrogen-bond acceptors (Lipinski definition) is 5. The fourth-order valence-electron chi connectivity index (χ4n) is 5.18. The molecule has 3 aliphatic rings. The first kappa shape index (κ1) is 22.8. The van der Waals surface area contributed by atoms with Crippen molar-refractivity contribution in [3.63, 3.8) is 0 Å². The molecule has 0 aromatic heterocycles. The lowest BCUT2D eigenvalue weighted by molar-refractivity contribution is -0.194. The average molecular weight is 491 g/mol. The second-order valence-electron chi connectivity index (χ2n) is 8.96. The maximum Gasteiger partial charge on any atom is 0.420 e. The smallest absolute Gasteiger partial charge is 0.420 e. The lowest BCUT2D eigenvalue weighted by Crippen LogP contribution is -2.62. The summed E-state index contributed by atoms with van der Waals surface area (Å²) in [7, 11) is 0. The fourth-order valence-corrected chi connectivity index (χ4v) is 8.95. The Morgan fingerprint density at radius 3 is 2.06 bits per heavy atom. The van der Waals surface area contributed by atoms with E-state index in [4.69, 9.17) is 9.73 Å². The minimum Gasteiger partial charge on any atom is -0.470 e. The molecular weight excluding hydrogens is 465 g/mol. The lowest BCUT2D eigenvalue weighted by atomic mass is 9.75. The molecule has 1 fully saturated rings. The quantitative estimate of drug-likeness (QED) is 0.457. The number of hydrogen-bond donors (Lipinski definition) is 0. The van der Waals surface area contributed by atoms with E-state index in [2.05, 4.69) is 4.99 Å². The zero-order chi connectivity index (χ0) is 23.3. The molecule has 0 radical (unpaired) electrons. The second kappa shape index (κ2) is 8.08. The second-order valence-corrected chi connectivity index (χ2v) is 11.6. The first-order valence-electron chi connectivity index (χ1n) is 11.2. The van der Waals surface area contributed by atoms with E-state index in [0.717, 1.165) is 30.2 Å². The summed E-state index contributed by atoms with van der Waals surface area (Å²) in [5.74, 6) is 0. The largest absolute Gasteiger partial charge is 0.470 e. The van der Waals surface area contributed by atoms with Crippen LogP contribution in [0, 0.1) is 0 Å². The number of benzene rings is 2. The van der Waals surface area contributed by atoms with E-state index in [-0.39, 0.29) is 16.9 Å². The molecule has 0 unspecified atom stereocenters. The summed E-state index contributed by atoms with van der Waals surface area (Å²) in [6.45, 7) is 3.62. The SMILES string of the molecule is CC(C)OC1=N[C@@](c2ccccc2)(C(F)(F)F)[C@]2(S1)SC(c1ccccc1)=NC21CCCC1. The van der Waals surface area contributed by atoms with Crippen LogP contribution < -0.4 is 0 Å². The highest BCUT2D eigenvalue weighted by atomic mass is 32.2. The van der Waals surface area contributed by atoms with Gasteiger partial charge in [0.25, 0.3) is 0 Å². The molecule has 2 heterocycles. The number of rotatable bonds is 3. The van der Waals surface area contributed by atoms with Crippen molar-refractivity contribution >= 4 is 33.8 Å². The summed E-state index contributed by atoms with van der Waals surface area (Å²) in [5, 5.41) is 0.741. The molecule has 5 rings (SSSR count). The highest BCUT2D eigenvalue weighted by Gasteiger charge is 2.80. The number of ether oxygens (including phenoxy) is 1. The Bertz CT molecular complexity index is 1080. The highest BCUT2D eigenvalue weighted by molar-refractivity contribution is 8.32. The third-order valence-corrected chi connectivity index (χ3v) is 9.83. The van der Waals surface area contributed by atoms with Crippen molar-refractivity contribution in [1.29, 1.82) is 0 Å². The Morgan fingerprint density at radius 1 is 0.879 bits per heavy atom. The first-order valence-corrected chi connectivity index (χ1v) is 12.8. The Labute approximate surface area is 200 Å². The fraction of sp³-hybridized carbons (Fsp3) is 0.440. The van der Waals surface area contributed by atoms with E-state index in [9.17, 15) is 0 Å². The van der Waals surface area contributed by atoms with Crippen molar-refractivity contribution in [2.75, 3.05) is 0 Å². The van der Waals surface area contributed by atoms with Crippen LogP contribution in [-0.4, -0.2) is 32.2 Å². The van der Waals surface area contributed by atoms with Crippen LogP contribution in [0.2, 0.25) is 0 Å². The molecule has 1 saturated carbocycles. The molecule has 2 spiro atoms. The van der Waals surface area contributed by atoms with Crippen LogP contribution in [0.4, 0.5) is 13.2 Å². The van der Waals surface area contributed by atoms with Gasteiger partial charge in [-0.25, -0.2) is 4.99 Å². The maximum absolute atomic E-state index is 15.4. The molecule has 0 bridgehead atoms. The van der Waals surface area contributed by atoms with Gasteiger partial charge >= 0.3 is 6.18 Å². The van der Waals surface area contributed by atoms with Gasteiger partial charge < -0.3 is 4.74 Å². The van der Waals surface area contributed by atoms with Crippen LogP contribution in [0.15, 0.2) is 70.6 Å². The Hall–Kier alpha value is -1.93. The number of nitrogens with zero attached hydrogens (tertiary/aromatic N) is 2. The van der Waals surface area contributed by atoms with E-state index in [1.807, 2.05) is 44.2 Å². The predicted octanol–water partition coefficient (Wildman–Crippen LogP) is 7.17. The predicted molar refractivity (Wildman–Crippen MR) is 130 cm³/mol. The van der Waals surface area contributed by atoms with Crippen LogP contribution in [0.1, 0.15) is 50.7 Å². The molecule has 8 heteroatoms. The molecule has 1 aliphatic carbocycles. The van der Waals surface area contributed by atoms with Crippen molar-refractivity contribution < 1.29 is 17.9 Å². The minimum atomic E-state index is -4.65. The van der Waals surface area contributed by atoms with E-state index in [0.29, 0.717) is 17.9 Å². The van der Waals surface area contributed by atoms with Gasteiger partial charge in [0.1, 0.15) is 4.08 Å². The normalized spacial score (nSPS) is 28.5. The summed E-state index contributed by atoms with van der Waals surface area (Å²) in [6, 6.07) is 17.6. The van der Waals surface area contributed by atoms with E-state index < -0.39 is 21.3 Å². The van der Waals surface area contributed by atoms with E-state index >= 15 is 13.2 Å². The average Bonchev–Trinajstić information content (AvgIpc) is 3.47. The number of alkyl halides is 3. The number of fused-ring (bicyclic) bond motifs is 1. The molecule has 33 heavy (non-hydrogen) atoms. The molecule has 3 nitrogen and oxygen atoms in total. The van der Waals surface area contributed by atoms with E-state index in [1.54, 1.807) is 30.3 Å². The van der Waals surface area contributed by atoms with Crippen molar-refractivity contribution in [3.8, 4) is 0 Å². The Kier molecular flexibility index (Phi) is 5.59. The molecule has 2 atom stereocenters. The van der Waals surface area contributed by atoms with Gasteiger partial charge in [-0.2, -0.15) is 13.2 Å². The minimum absolute atomic E-state index is 0.0921. The van der Waals surface area contributed by atoms with Crippen LogP contribution in [0.3, 0.4) is 0 Å². The lowest BCUT2D eigenvalue weighted by Gasteiger charge is -2.48. The number of halogens is 3. The zero-order valence-corrected chi connectivity index (χ0v) is 20.1. The molecule has 0 amide bonds. The van der Waals surface area contributed by atoms with Gasteiger partial charge in [0.15, 0.2) is 0 Å². The number of thioether (sulfide) groups is 2. The first-order chi connectivity index (χ1) is 15.7. The van der Waals surface area contributed by atoms with Crippen molar-refractivity contribution in [2.45, 2.75) is 67.0 Å². The number of aliphatic imine (C=N–C) groups is 2. The molecule has 2 aromatic carbocycles. The van der Waals surface area contributed by atoms with Crippen molar-refractivity contribution in [2.24, 2.45) is 9.98 Å². The Morgan fingerprint density at radius 2 is 1.48 bits per heavy atom. The Balaban J connectivity index is 1.77. The molecule has 0 saturated heterocycles. The van der Waals surface area contributed by atoms with Crippen LogP contribution in [-0.2, 0) is 10.3 Å². The molecule has 2 aromatic rings. The molecular formula is C25H25F3N2OS2.